The summed E-state index contributed by atoms with van der Waals surface area (Å²) >= 11 is 0. The van der Waals surface area contributed by atoms with Gasteiger partial charge in [-0.25, -0.2) is 4.79 Å². The first-order valence-corrected chi connectivity index (χ1v) is 8.96. The zero-order valence-electron chi connectivity index (χ0n) is 14.8. The van der Waals surface area contributed by atoms with E-state index in [1.807, 2.05) is 54.6 Å². The Morgan fingerprint density at radius 1 is 0.852 bits per heavy atom. The quantitative estimate of drug-likeness (QED) is 0.700. The van der Waals surface area contributed by atoms with Gasteiger partial charge in [-0.2, -0.15) is 0 Å². The van der Waals surface area contributed by atoms with Crippen LogP contribution in [0.25, 0.3) is 11.1 Å². The summed E-state index contributed by atoms with van der Waals surface area (Å²) in [6.45, 7) is 0.567. The summed E-state index contributed by atoms with van der Waals surface area (Å²) < 4.78 is 5.47. The van der Waals surface area contributed by atoms with Gasteiger partial charge in [-0.15, -0.1) is 0 Å². The number of amides is 1. The predicted molar refractivity (Wildman–Crippen MR) is 106 cm³/mol. The zero-order chi connectivity index (χ0) is 18.5. The molecule has 0 atom stereocenters. The fourth-order valence-electron chi connectivity index (χ4n) is 3.43. The van der Waals surface area contributed by atoms with E-state index in [0.29, 0.717) is 6.61 Å². The smallest absolute Gasteiger partial charge is 0.407 e. The van der Waals surface area contributed by atoms with Crippen LogP contribution >= 0.6 is 0 Å². The molecule has 3 aromatic rings. The molecule has 3 heteroatoms. The van der Waals surface area contributed by atoms with Crippen LogP contribution in [-0.2, 0) is 4.74 Å². The van der Waals surface area contributed by atoms with Gasteiger partial charge in [0.05, 0.1) is 6.54 Å². The monoisotopic (exact) mass is 353 g/mol. The third-order valence-corrected chi connectivity index (χ3v) is 4.67. The standard InChI is InChI=1S/C24H19NO2/c26-24(25-16-8-11-18-9-2-1-3-10-18)27-17-23-21-14-6-4-12-19(21)20-13-5-7-15-22(20)23/h1-7,9-10,12-15,23H,16-17H2,(H,25,26). The Kier molecular flexibility index (Phi) is 4.89. The third kappa shape index (κ3) is 3.70. The van der Waals surface area contributed by atoms with E-state index in [1.54, 1.807) is 0 Å². The first-order chi connectivity index (χ1) is 13.3. The molecule has 0 fully saturated rings. The molecule has 4 rings (SSSR count). The molecule has 1 aliphatic rings. The van der Waals surface area contributed by atoms with Gasteiger partial charge in [0.2, 0.25) is 0 Å². The van der Waals surface area contributed by atoms with Crippen LogP contribution < -0.4 is 5.32 Å². The van der Waals surface area contributed by atoms with Gasteiger partial charge in [-0.05, 0) is 34.4 Å². The average Bonchev–Trinajstić information content (AvgIpc) is 3.04. The van der Waals surface area contributed by atoms with E-state index in [2.05, 4.69) is 41.4 Å². The van der Waals surface area contributed by atoms with Crippen molar-refractivity contribution in [3.63, 3.8) is 0 Å². The topological polar surface area (TPSA) is 38.3 Å². The highest BCUT2D eigenvalue weighted by atomic mass is 16.5. The van der Waals surface area contributed by atoms with Crippen molar-refractivity contribution in [2.45, 2.75) is 5.92 Å². The molecular formula is C24H19NO2. The van der Waals surface area contributed by atoms with Crippen molar-refractivity contribution in [3.8, 4) is 23.0 Å². The number of carbonyl (C=O) groups is 1. The van der Waals surface area contributed by atoms with Gasteiger partial charge >= 0.3 is 6.09 Å². The Balaban J connectivity index is 1.36. The second kappa shape index (κ2) is 7.80. The Hall–Kier alpha value is -3.51. The zero-order valence-corrected chi connectivity index (χ0v) is 14.8. The molecule has 3 aromatic carbocycles. The first-order valence-electron chi connectivity index (χ1n) is 8.96. The van der Waals surface area contributed by atoms with E-state index in [-0.39, 0.29) is 12.5 Å². The minimum atomic E-state index is -0.445. The lowest BCUT2D eigenvalue weighted by Crippen LogP contribution is -2.26. The number of ether oxygens (including phenoxy) is 1. The molecule has 0 saturated heterocycles. The number of nitrogens with one attached hydrogen (secondary N) is 1. The Morgan fingerprint density at radius 2 is 1.44 bits per heavy atom. The number of hydrogen-bond acceptors (Lipinski definition) is 2. The van der Waals surface area contributed by atoms with Gasteiger partial charge in [0.1, 0.15) is 6.61 Å². The fourth-order valence-corrected chi connectivity index (χ4v) is 3.43. The van der Waals surface area contributed by atoms with Crippen molar-refractivity contribution < 1.29 is 9.53 Å². The van der Waals surface area contributed by atoms with Crippen LogP contribution in [0.5, 0.6) is 0 Å². The van der Waals surface area contributed by atoms with Gasteiger partial charge in [0.25, 0.3) is 0 Å². The van der Waals surface area contributed by atoms with Crippen molar-refractivity contribution in [2.24, 2.45) is 0 Å². The molecule has 0 aliphatic heterocycles. The van der Waals surface area contributed by atoms with E-state index in [1.165, 1.54) is 22.3 Å². The maximum absolute atomic E-state index is 12.0. The molecule has 0 saturated carbocycles. The summed E-state index contributed by atoms with van der Waals surface area (Å²) in [6, 6.07) is 26.2. The van der Waals surface area contributed by atoms with Crippen LogP contribution in [0.2, 0.25) is 0 Å². The molecule has 132 valence electrons. The minimum Gasteiger partial charge on any atom is -0.449 e. The summed E-state index contributed by atoms with van der Waals surface area (Å²) in [7, 11) is 0. The molecule has 0 spiro atoms. The number of alkyl carbamates (subject to hydrolysis) is 1. The minimum absolute atomic E-state index is 0.0681. The van der Waals surface area contributed by atoms with Crippen molar-refractivity contribution in [2.75, 3.05) is 13.2 Å². The summed E-state index contributed by atoms with van der Waals surface area (Å²) in [6.07, 6.45) is -0.445. The second-order valence-corrected chi connectivity index (χ2v) is 6.35. The average molecular weight is 353 g/mol. The molecule has 0 radical (unpaired) electrons. The number of benzene rings is 3. The van der Waals surface area contributed by atoms with Gasteiger partial charge < -0.3 is 10.1 Å². The van der Waals surface area contributed by atoms with Crippen LogP contribution in [0.3, 0.4) is 0 Å². The number of hydrogen-bond donors (Lipinski definition) is 1. The second-order valence-electron chi connectivity index (χ2n) is 6.35. The van der Waals surface area contributed by atoms with E-state index >= 15 is 0 Å². The molecule has 0 heterocycles. The lowest BCUT2D eigenvalue weighted by molar-refractivity contribution is 0.144. The van der Waals surface area contributed by atoms with Crippen LogP contribution in [0.1, 0.15) is 22.6 Å². The van der Waals surface area contributed by atoms with E-state index in [0.717, 1.165) is 5.56 Å². The van der Waals surface area contributed by atoms with Crippen molar-refractivity contribution in [1.29, 1.82) is 0 Å². The van der Waals surface area contributed by atoms with Crippen LogP contribution in [0, 0.1) is 11.8 Å². The van der Waals surface area contributed by atoms with Crippen molar-refractivity contribution in [3.05, 3.63) is 95.6 Å². The van der Waals surface area contributed by atoms with Crippen molar-refractivity contribution >= 4 is 6.09 Å². The lowest BCUT2D eigenvalue weighted by atomic mass is 9.98. The molecule has 0 unspecified atom stereocenters. The largest absolute Gasteiger partial charge is 0.449 e. The van der Waals surface area contributed by atoms with Crippen LogP contribution in [0.4, 0.5) is 4.79 Å². The van der Waals surface area contributed by atoms with Crippen LogP contribution in [-0.4, -0.2) is 19.2 Å². The van der Waals surface area contributed by atoms with Gasteiger partial charge in [0.15, 0.2) is 0 Å². The first kappa shape index (κ1) is 16.9. The Morgan fingerprint density at radius 3 is 2.11 bits per heavy atom. The van der Waals surface area contributed by atoms with E-state index in [4.69, 9.17) is 4.74 Å². The fraction of sp³-hybridized carbons (Fsp3) is 0.125. The maximum Gasteiger partial charge on any atom is 0.407 e. The molecule has 0 bridgehead atoms. The molecule has 27 heavy (non-hydrogen) atoms. The Labute approximate surface area is 159 Å². The molecule has 0 aromatic heterocycles. The highest BCUT2D eigenvalue weighted by Gasteiger charge is 2.28. The normalized spacial score (nSPS) is 11.7. The van der Waals surface area contributed by atoms with Gasteiger partial charge in [0, 0.05) is 11.5 Å². The SMILES string of the molecule is O=C(NCC#Cc1ccccc1)OCC1c2ccccc2-c2ccccc21. The highest BCUT2D eigenvalue weighted by molar-refractivity contribution is 5.79. The lowest BCUT2D eigenvalue weighted by Gasteiger charge is -2.14. The molecule has 1 N–H and O–H groups in total. The molecule has 1 amide bonds. The summed E-state index contributed by atoms with van der Waals surface area (Å²) in [5.41, 5.74) is 5.77. The molecule has 3 nitrogen and oxygen atoms in total. The summed E-state index contributed by atoms with van der Waals surface area (Å²) in [5.74, 6) is 6.00. The summed E-state index contributed by atoms with van der Waals surface area (Å²) in [4.78, 5) is 12.0. The van der Waals surface area contributed by atoms with Gasteiger partial charge in [-0.1, -0.05) is 78.6 Å². The number of rotatable bonds is 3. The van der Waals surface area contributed by atoms with Gasteiger partial charge in [-0.3, -0.25) is 0 Å². The van der Waals surface area contributed by atoms with Crippen LogP contribution in [0.15, 0.2) is 78.9 Å². The highest BCUT2D eigenvalue weighted by Crippen LogP contribution is 2.44. The molecular weight excluding hydrogens is 334 g/mol. The summed E-state index contributed by atoms with van der Waals surface area (Å²) in [5, 5.41) is 2.69. The van der Waals surface area contributed by atoms with E-state index < -0.39 is 6.09 Å². The van der Waals surface area contributed by atoms with Crippen molar-refractivity contribution in [1.82, 2.24) is 5.32 Å². The van der Waals surface area contributed by atoms with E-state index in [9.17, 15) is 4.79 Å². The Bertz CT molecular complexity index is 970. The molecule has 1 aliphatic carbocycles. The predicted octanol–water partition coefficient (Wildman–Crippen LogP) is 4.58. The number of carbonyl (C=O) groups excluding carboxylic acids is 1. The maximum atomic E-state index is 12.0. The third-order valence-electron chi connectivity index (χ3n) is 4.67. The number of fused-ring (bicyclic) bond motifs is 3.